The maximum Gasteiger partial charge on any atom is 0.260 e. The second kappa shape index (κ2) is 6.69. The summed E-state index contributed by atoms with van der Waals surface area (Å²) in [5, 5.41) is 9.94. The molecule has 0 spiro atoms. The SMILES string of the molecule is CCNCc1cn[nH]c1S(=O)(=O)N(CC)CC1CCC1. The Labute approximate surface area is 121 Å². The molecule has 0 atom stereocenters. The molecule has 0 amide bonds. The maximum absolute atomic E-state index is 12.7. The average molecular weight is 300 g/mol. The number of nitrogens with one attached hydrogen (secondary N) is 2. The molecule has 1 aliphatic carbocycles. The lowest BCUT2D eigenvalue weighted by molar-refractivity contribution is 0.249. The zero-order valence-corrected chi connectivity index (χ0v) is 13.0. The van der Waals surface area contributed by atoms with E-state index in [1.807, 2.05) is 13.8 Å². The smallest absolute Gasteiger partial charge is 0.260 e. The lowest BCUT2D eigenvalue weighted by atomic mass is 9.85. The first-order valence-electron chi connectivity index (χ1n) is 7.32. The van der Waals surface area contributed by atoms with Gasteiger partial charge in [-0.05, 0) is 25.3 Å². The van der Waals surface area contributed by atoms with Crippen molar-refractivity contribution in [3.8, 4) is 0 Å². The number of H-pyrrole nitrogens is 1. The fourth-order valence-corrected chi connectivity index (χ4v) is 4.03. The summed E-state index contributed by atoms with van der Waals surface area (Å²) in [7, 11) is -3.46. The highest BCUT2D eigenvalue weighted by Gasteiger charge is 2.31. The van der Waals surface area contributed by atoms with E-state index < -0.39 is 10.0 Å². The molecule has 2 N–H and O–H groups in total. The number of aromatic nitrogens is 2. The number of aromatic amines is 1. The van der Waals surface area contributed by atoms with Crippen molar-refractivity contribution in [1.29, 1.82) is 0 Å². The molecule has 114 valence electrons. The molecule has 0 saturated heterocycles. The Morgan fingerprint density at radius 2 is 2.20 bits per heavy atom. The van der Waals surface area contributed by atoms with Crippen LogP contribution in [0.15, 0.2) is 11.2 Å². The summed E-state index contributed by atoms with van der Waals surface area (Å²) in [4.78, 5) is 0. The van der Waals surface area contributed by atoms with Gasteiger partial charge in [0.15, 0.2) is 5.03 Å². The summed E-state index contributed by atoms with van der Waals surface area (Å²) < 4.78 is 27.0. The molecule has 1 aromatic rings. The highest BCUT2D eigenvalue weighted by Crippen LogP contribution is 2.29. The van der Waals surface area contributed by atoms with Crippen LogP contribution in [-0.4, -0.2) is 42.6 Å². The lowest BCUT2D eigenvalue weighted by Gasteiger charge is -2.31. The molecule has 2 rings (SSSR count). The van der Waals surface area contributed by atoms with Crippen molar-refractivity contribution in [3.63, 3.8) is 0 Å². The summed E-state index contributed by atoms with van der Waals surface area (Å²) in [5.74, 6) is 0.518. The Kier molecular flexibility index (Phi) is 5.17. The third-order valence-corrected chi connectivity index (χ3v) is 5.84. The summed E-state index contributed by atoms with van der Waals surface area (Å²) >= 11 is 0. The topological polar surface area (TPSA) is 78.1 Å². The molecule has 1 fully saturated rings. The number of hydrogen-bond donors (Lipinski definition) is 2. The van der Waals surface area contributed by atoms with E-state index >= 15 is 0 Å². The fourth-order valence-electron chi connectivity index (χ4n) is 2.40. The van der Waals surface area contributed by atoms with Crippen molar-refractivity contribution < 1.29 is 8.42 Å². The van der Waals surface area contributed by atoms with Crippen molar-refractivity contribution in [3.05, 3.63) is 11.8 Å². The van der Waals surface area contributed by atoms with Crippen molar-refractivity contribution >= 4 is 10.0 Å². The molecule has 0 bridgehead atoms. The van der Waals surface area contributed by atoms with E-state index in [-0.39, 0.29) is 5.03 Å². The van der Waals surface area contributed by atoms with Crippen LogP contribution in [0.25, 0.3) is 0 Å². The first kappa shape index (κ1) is 15.5. The maximum atomic E-state index is 12.7. The number of sulfonamides is 1. The molecule has 1 aliphatic rings. The van der Waals surface area contributed by atoms with Gasteiger partial charge < -0.3 is 5.32 Å². The Balaban J connectivity index is 2.16. The van der Waals surface area contributed by atoms with E-state index in [1.165, 1.54) is 6.42 Å². The molecule has 1 heterocycles. The van der Waals surface area contributed by atoms with Crippen LogP contribution in [0.5, 0.6) is 0 Å². The van der Waals surface area contributed by atoms with Gasteiger partial charge in [0.1, 0.15) is 0 Å². The van der Waals surface area contributed by atoms with Gasteiger partial charge in [-0.15, -0.1) is 0 Å². The second-order valence-electron chi connectivity index (χ2n) is 5.26. The van der Waals surface area contributed by atoms with Gasteiger partial charge in [0.25, 0.3) is 10.0 Å². The minimum atomic E-state index is -3.46. The Morgan fingerprint density at radius 1 is 1.45 bits per heavy atom. The van der Waals surface area contributed by atoms with E-state index in [4.69, 9.17) is 0 Å². The van der Waals surface area contributed by atoms with Gasteiger partial charge in [-0.1, -0.05) is 20.3 Å². The predicted molar refractivity (Wildman–Crippen MR) is 77.7 cm³/mol. The van der Waals surface area contributed by atoms with Crippen molar-refractivity contribution in [2.45, 2.75) is 44.7 Å². The van der Waals surface area contributed by atoms with E-state index in [0.717, 1.165) is 19.4 Å². The van der Waals surface area contributed by atoms with Crippen LogP contribution in [-0.2, 0) is 16.6 Å². The third kappa shape index (κ3) is 3.21. The highest BCUT2D eigenvalue weighted by molar-refractivity contribution is 7.89. The molecule has 1 saturated carbocycles. The van der Waals surface area contributed by atoms with Crippen molar-refractivity contribution in [1.82, 2.24) is 19.8 Å². The average Bonchev–Trinajstić information content (AvgIpc) is 2.83. The van der Waals surface area contributed by atoms with Crippen molar-refractivity contribution in [2.24, 2.45) is 5.92 Å². The normalized spacial score (nSPS) is 16.6. The molecule has 0 aliphatic heterocycles. The summed E-state index contributed by atoms with van der Waals surface area (Å²) in [6.45, 7) is 6.31. The molecule has 0 unspecified atom stereocenters. The zero-order valence-electron chi connectivity index (χ0n) is 12.2. The van der Waals surface area contributed by atoms with Crippen LogP contribution in [0.1, 0.15) is 38.7 Å². The van der Waals surface area contributed by atoms with Crippen LogP contribution in [0.3, 0.4) is 0 Å². The Morgan fingerprint density at radius 3 is 2.75 bits per heavy atom. The van der Waals surface area contributed by atoms with E-state index in [0.29, 0.717) is 31.1 Å². The van der Waals surface area contributed by atoms with Crippen LogP contribution in [0.2, 0.25) is 0 Å². The van der Waals surface area contributed by atoms with E-state index in [2.05, 4.69) is 15.5 Å². The van der Waals surface area contributed by atoms with Crippen LogP contribution >= 0.6 is 0 Å². The van der Waals surface area contributed by atoms with Gasteiger partial charge in [0, 0.05) is 25.2 Å². The zero-order chi connectivity index (χ0) is 14.6. The number of rotatable bonds is 8. The monoisotopic (exact) mass is 300 g/mol. The van der Waals surface area contributed by atoms with Gasteiger partial charge in [0.05, 0.1) is 6.20 Å². The first-order chi connectivity index (χ1) is 9.59. The molecule has 0 radical (unpaired) electrons. The first-order valence-corrected chi connectivity index (χ1v) is 8.76. The highest BCUT2D eigenvalue weighted by atomic mass is 32.2. The van der Waals surface area contributed by atoms with Crippen LogP contribution < -0.4 is 5.32 Å². The van der Waals surface area contributed by atoms with Gasteiger partial charge in [0.2, 0.25) is 0 Å². The van der Waals surface area contributed by atoms with Crippen LogP contribution in [0, 0.1) is 5.92 Å². The van der Waals surface area contributed by atoms with Crippen LogP contribution in [0.4, 0.5) is 0 Å². The quantitative estimate of drug-likeness (QED) is 0.759. The summed E-state index contributed by atoms with van der Waals surface area (Å²) in [6, 6.07) is 0. The molecule has 7 heteroatoms. The second-order valence-corrected chi connectivity index (χ2v) is 7.13. The predicted octanol–water partition coefficient (Wildman–Crippen LogP) is 1.33. The summed E-state index contributed by atoms with van der Waals surface area (Å²) in [6.07, 6.45) is 5.09. The third-order valence-electron chi connectivity index (χ3n) is 3.88. The fraction of sp³-hybridized carbons (Fsp3) is 0.769. The molecular weight excluding hydrogens is 276 g/mol. The lowest BCUT2D eigenvalue weighted by Crippen LogP contribution is -2.38. The molecule has 1 aromatic heterocycles. The van der Waals surface area contributed by atoms with Gasteiger partial charge in [-0.25, -0.2) is 8.42 Å². The van der Waals surface area contributed by atoms with E-state index in [9.17, 15) is 8.42 Å². The Bertz CT molecular complexity index is 522. The molecule has 6 nitrogen and oxygen atoms in total. The van der Waals surface area contributed by atoms with E-state index in [1.54, 1.807) is 10.5 Å². The minimum absolute atomic E-state index is 0.236. The molecule has 20 heavy (non-hydrogen) atoms. The van der Waals surface area contributed by atoms with Gasteiger partial charge in [-0.2, -0.15) is 9.40 Å². The minimum Gasteiger partial charge on any atom is -0.313 e. The molecular formula is C13H24N4O2S. The largest absolute Gasteiger partial charge is 0.313 e. The van der Waals surface area contributed by atoms with Gasteiger partial charge in [-0.3, -0.25) is 5.10 Å². The number of nitrogens with zero attached hydrogens (tertiary/aromatic N) is 2. The Hall–Kier alpha value is -0.920. The van der Waals surface area contributed by atoms with Crippen molar-refractivity contribution in [2.75, 3.05) is 19.6 Å². The standard InChI is InChI=1S/C13H24N4O2S/c1-3-14-8-12-9-15-16-13(12)20(18,19)17(4-2)10-11-6-5-7-11/h9,11,14H,3-8,10H2,1-2H3,(H,15,16). The molecule has 0 aromatic carbocycles. The number of hydrogen-bond acceptors (Lipinski definition) is 4. The summed E-state index contributed by atoms with van der Waals surface area (Å²) in [5.41, 5.74) is 0.707. The van der Waals surface area contributed by atoms with Gasteiger partial charge >= 0.3 is 0 Å².